The van der Waals surface area contributed by atoms with Gasteiger partial charge < -0.3 is 15.1 Å². The standard InChI is InChI=1S/C15H21ClN4O.2ClH/c16-13-3-4-14(18-10-13)19-5-7-20(8-6-19)15(21)11-17-9-12-1-2-12;;/h3-4,10,12,17H,1-2,5-9,11H2;2*1H. The minimum atomic E-state index is 0. The van der Waals surface area contributed by atoms with Crippen LogP contribution in [0.25, 0.3) is 0 Å². The summed E-state index contributed by atoms with van der Waals surface area (Å²) in [6.45, 7) is 4.62. The van der Waals surface area contributed by atoms with E-state index in [1.807, 2.05) is 17.0 Å². The first-order valence-corrected chi connectivity index (χ1v) is 7.95. The summed E-state index contributed by atoms with van der Waals surface area (Å²) in [6, 6.07) is 3.78. The molecule has 23 heavy (non-hydrogen) atoms. The number of nitrogens with zero attached hydrogens (tertiary/aromatic N) is 3. The Bertz CT molecular complexity index is 488. The third kappa shape index (κ3) is 5.99. The van der Waals surface area contributed by atoms with Gasteiger partial charge in [-0.25, -0.2) is 4.98 Å². The Morgan fingerprint density at radius 1 is 1.22 bits per heavy atom. The Morgan fingerprint density at radius 2 is 1.91 bits per heavy atom. The van der Waals surface area contributed by atoms with Crippen molar-refractivity contribution in [2.45, 2.75) is 12.8 Å². The molecule has 1 aliphatic heterocycles. The van der Waals surface area contributed by atoms with Crippen LogP contribution in [0.1, 0.15) is 12.8 Å². The van der Waals surface area contributed by atoms with Gasteiger partial charge in [-0.15, -0.1) is 24.8 Å². The fraction of sp³-hybridized carbons (Fsp3) is 0.600. The molecule has 2 aliphatic rings. The molecule has 1 saturated carbocycles. The second kappa shape index (κ2) is 9.52. The van der Waals surface area contributed by atoms with Crippen LogP contribution in [-0.4, -0.2) is 55.1 Å². The van der Waals surface area contributed by atoms with Crippen molar-refractivity contribution in [1.82, 2.24) is 15.2 Å². The number of amides is 1. The van der Waals surface area contributed by atoms with Gasteiger partial charge in [0.1, 0.15) is 5.82 Å². The molecule has 0 bridgehead atoms. The van der Waals surface area contributed by atoms with E-state index < -0.39 is 0 Å². The van der Waals surface area contributed by atoms with Crippen LogP contribution in [0.5, 0.6) is 0 Å². The Labute approximate surface area is 154 Å². The lowest BCUT2D eigenvalue weighted by atomic mass is 10.3. The molecule has 0 radical (unpaired) electrons. The van der Waals surface area contributed by atoms with Crippen LogP contribution in [0.2, 0.25) is 5.02 Å². The van der Waals surface area contributed by atoms with Crippen LogP contribution in [0.3, 0.4) is 0 Å². The molecule has 0 unspecified atom stereocenters. The minimum absolute atomic E-state index is 0. The van der Waals surface area contributed by atoms with Gasteiger partial charge in [-0.2, -0.15) is 0 Å². The van der Waals surface area contributed by atoms with E-state index in [4.69, 9.17) is 11.6 Å². The van der Waals surface area contributed by atoms with Crippen molar-refractivity contribution < 1.29 is 4.79 Å². The molecule has 0 atom stereocenters. The Hall–Kier alpha value is -0.750. The average molecular weight is 382 g/mol. The van der Waals surface area contributed by atoms with Gasteiger partial charge in [0.25, 0.3) is 0 Å². The number of carbonyl (C=O) groups excluding carboxylic acids is 1. The molecule has 1 saturated heterocycles. The lowest BCUT2D eigenvalue weighted by molar-refractivity contribution is -0.130. The average Bonchev–Trinajstić information content (AvgIpc) is 3.32. The normalized spacial score (nSPS) is 17.3. The predicted molar refractivity (Wildman–Crippen MR) is 98.1 cm³/mol. The van der Waals surface area contributed by atoms with E-state index in [1.165, 1.54) is 12.8 Å². The highest BCUT2D eigenvalue weighted by molar-refractivity contribution is 6.30. The molecule has 0 spiro atoms. The highest BCUT2D eigenvalue weighted by atomic mass is 35.5. The van der Waals surface area contributed by atoms with Crippen molar-refractivity contribution in [3.8, 4) is 0 Å². The summed E-state index contributed by atoms with van der Waals surface area (Å²) in [4.78, 5) is 20.6. The maximum Gasteiger partial charge on any atom is 0.236 e. The third-order valence-corrected chi connectivity index (χ3v) is 4.30. The van der Waals surface area contributed by atoms with E-state index in [0.29, 0.717) is 11.6 Å². The topological polar surface area (TPSA) is 48.5 Å². The number of hydrogen-bond acceptors (Lipinski definition) is 4. The number of piperazine rings is 1. The molecule has 130 valence electrons. The van der Waals surface area contributed by atoms with Gasteiger partial charge in [0.15, 0.2) is 0 Å². The van der Waals surface area contributed by atoms with Crippen molar-refractivity contribution in [2.75, 3.05) is 44.2 Å². The molecule has 2 fully saturated rings. The van der Waals surface area contributed by atoms with Gasteiger partial charge in [-0.3, -0.25) is 4.79 Å². The largest absolute Gasteiger partial charge is 0.353 e. The van der Waals surface area contributed by atoms with E-state index in [9.17, 15) is 4.79 Å². The molecule has 1 amide bonds. The van der Waals surface area contributed by atoms with E-state index in [-0.39, 0.29) is 30.7 Å². The lowest BCUT2D eigenvalue weighted by Gasteiger charge is -2.35. The van der Waals surface area contributed by atoms with E-state index >= 15 is 0 Å². The predicted octanol–water partition coefficient (Wildman–Crippen LogP) is 2.23. The van der Waals surface area contributed by atoms with Crippen LogP contribution in [-0.2, 0) is 4.79 Å². The Morgan fingerprint density at radius 3 is 2.48 bits per heavy atom. The Kier molecular flexibility index (Phi) is 8.40. The molecular weight excluding hydrogens is 359 g/mol. The van der Waals surface area contributed by atoms with Crippen LogP contribution >= 0.6 is 36.4 Å². The number of pyridine rings is 1. The number of halogens is 3. The van der Waals surface area contributed by atoms with Crippen molar-refractivity contribution in [1.29, 1.82) is 0 Å². The summed E-state index contributed by atoms with van der Waals surface area (Å²) < 4.78 is 0. The first-order chi connectivity index (χ1) is 10.2. The molecule has 5 nitrogen and oxygen atoms in total. The molecule has 0 aromatic carbocycles. The molecule has 1 aliphatic carbocycles. The van der Waals surface area contributed by atoms with Crippen LogP contribution in [0.15, 0.2) is 18.3 Å². The zero-order valence-corrected chi connectivity index (χ0v) is 15.3. The number of carbonyl (C=O) groups is 1. The first-order valence-electron chi connectivity index (χ1n) is 7.57. The number of nitrogens with one attached hydrogen (secondary N) is 1. The number of aromatic nitrogens is 1. The number of anilines is 1. The zero-order chi connectivity index (χ0) is 14.7. The summed E-state index contributed by atoms with van der Waals surface area (Å²) in [5.41, 5.74) is 0. The second-order valence-electron chi connectivity index (χ2n) is 5.78. The molecule has 1 aromatic rings. The van der Waals surface area contributed by atoms with Crippen molar-refractivity contribution in [2.24, 2.45) is 5.92 Å². The molecule has 8 heteroatoms. The fourth-order valence-electron chi connectivity index (χ4n) is 2.56. The molecule has 2 heterocycles. The summed E-state index contributed by atoms with van der Waals surface area (Å²) in [5, 5.41) is 3.91. The van der Waals surface area contributed by atoms with E-state index in [0.717, 1.165) is 44.5 Å². The van der Waals surface area contributed by atoms with Gasteiger partial charge in [0.2, 0.25) is 5.91 Å². The first kappa shape index (κ1) is 20.3. The van der Waals surface area contributed by atoms with Gasteiger partial charge in [-0.1, -0.05) is 11.6 Å². The number of rotatable bonds is 5. The zero-order valence-electron chi connectivity index (χ0n) is 12.9. The van der Waals surface area contributed by atoms with Gasteiger partial charge >= 0.3 is 0 Å². The van der Waals surface area contributed by atoms with E-state index in [1.54, 1.807) is 6.20 Å². The summed E-state index contributed by atoms with van der Waals surface area (Å²) in [7, 11) is 0. The maximum absolute atomic E-state index is 12.1. The lowest BCUT2D eigenvalue weighted by Crippen LogP contribution is -2.51. The van der Waals surface area contributed by atoms with E-state index in [2.05, 4.69) is 15.2 Å². The van der Waals surface area contributed by atoms with Crippen molar-refractivity contribution in [3.63, 3.8) is 0 Å². The SMILES string of the molecule is Cl.Cl.O=C(CNCC1CC1)N1CCN(c2ccc(Cl)cn2)CC1. The van der Waals surface area contributed by atoms with Crippen LogP contribution in [0, 0.1) is 5.92 Å². The third-order valence-electron chi connectivity index (χ3n) is 4.07. The fourth-order valence-corrected chi connectivity index (χ4v) is 2.67. The molecule has 3 rings (SSSR count). The van der Waals surface area contributed by atoms with Crippen LogP contribution < -0.4 is 10.2 Å². The monoisotopic (exact) mass is 380 g/mol. The van der Waals surface area contributed by atoms with Crippen LogP contribution in [0.4, 0.5) is 5.82 Å². The minimum Gasteiger partial charge on any atom is -0.353 e. The number of hydrogen-bond donors (Lipinski definition) is 1. The molecular formula is C15H23Cl3N4O. The summed E-state index contributed by atoms with van der Waals surface area (Å²) in [5.74, 6) is 1.95. The van der Waals surface area contributed by atoms with Gasteiger partial charge in [0.05, 0.1) is 11.6 Å². The van der Waals surface area contributed by atoms with Crippen molar-refractivity contribution >= 4 is 48.1 Å². The smallest absolute Gasteiger partial charge is 0.236 e. The quantitative estimate of drug-likeness (QED) is 0.850. The molecule has 1 aromatic heterocycles. The van der Waals surface area contributed by atoms with Gasteiger partial charge in [0, 0.05) is 32.4 Å². The maximum atomic E-state index is 12.1. The van der Waals surface area contributed by atoms with Crippen molar-refractivity contribution in [3.05, 3.63) is 23.4 Å². The Balaban J connectivity index is 0.00000132. The van der Waals surface area contributed by atoms with Gasteiger partial charge in [-0.05, 0) is 37.4 Å². The second-order valence-corrected chi connectivity index (χ2v) is 6.21. The molecule has 1 N–H and O–H groups in total. The highest BCUT2D eigenvalue weighted by Gasteiger charge is 2.23. The highest BCUT2D eigenvalue weighted by Crippen LogP contribution is 2.27. The summed E-state index contributed by atoms with van der Waals surface area (Å²) in [6.07, 6.45) is 4.29. The summed E-state index contributed by atoms with van der Waals surface area (Å²) >= 11 is 5.85.